The Morgan fingerprint density at radius 1 is 0.815 bits per heavy atom. The lowest BCUT2D eigenvalue weighted by molar-refractivity contribution is 0.667. The molecule has 0 saturated carbocycles. The lowest BCUT2D eigenvalue weighted by Gasteiger charge is -2.06. The Labute approximate surface area is 167 Å². The fraction of sp³-hybridized carbons (Fsp3) is 0.250. The van der Waals surface area contributed by atoms with Crippen LogP contribution in [0.5, 0.6) is 0 Å². The summed E-state index contributed by atoms with van der Waals surface area (Å²) in [6.07, 6.45) is 8.32. The van der Waals surface area contributed by atoms with Gasteiger partial charge in [0.1, 0.15) is 0 Å². The second-order valence-corrected chi connectivity index (χ2v) is 6.87. The smallest absolute Gasteiger partial charge is 0.0740 e. The van der Waals surface area contributed by atoms with Crippen LogP contribution in [0.25, 0.3) is 22.4 Å². The number of thiocarbonyl (C=S) groups is 1. The summed E-state index contributed by atoms with van der Waals surface area (Å²) in [5.41, 5.74) is 6.57. The molecule has 3 aromatic rings. The molecule has 1 heterocycles. The van der Waals surface area contributed by atoms with Gasteiger partial charge < -0.3 is 0 Å². The van der Waals surface area contributed by atoms with Gasteiger partial charge in [-0.25, -0.2) is 0 Å². The van der Waals surface area contributed by atoms with Gasteiger partial charge in [-0.2, -0.15) is 4.99 Å². The molecule has 0 radical (unpaired) electrons. The van der Waals surface area contributed by atoms with Crippen molar-refractivity contribution in [3.63, 3.8) is 0 Å². The molecule has 0 spiro atoms. The number of hydrogen-bond acceptors (Lipinski definition) is 3. The van der Waals surface area contributed by atoms with Gasteiger partial charge in [-0.05, 0) is 54.4 Å². The number of benzene rings is 2. The first-order valence-corrected chi connectivity index (χ1v) is 9.94. The van der Waals surface area contributed by atoms with Gasteiger partial charge in [-0.15, -0.1) is 0 Å². The summed E-state index contributed by atoms with van der Waals surface area (Å²) in [5.74, 6) is 0. The van der Waals surface area contributed by atoms with E-state index < -0.39 is 0 Å². The first-order chi connectivity index (χ1) is 13.3. The topological polar surface area (TPSA) is 25.2 Å². The van der Waals surface area contributed by atoms with Crippen LogP contribution in [0.1, 0.15) is 38.2 Å². The predicted octanol–water partition coefficient (Wildman–Crippen LogP) is 7.27. The highest BCUT2D eigenvalue weighted by molar-refractivity contribution is 7.78. The monoisotopic (exact) mass is 372 g/mol. The Morgan fingerprint density at radius 2 is 1.52 bits per heavy atom. The first kappa shape index (κ1) is 19.2. The second kappa shape index (κ2) is 9.91. The molecule has 2 aromatic carbocycles. The van der Waals surface area contributed by atoms with E-state index in [0.717, 1.165) is 22.5 Å². The maximum atomic E-state index is 4.63. The summed E-state index contributed by atoms with van der Waals surface area (Å²) in [7, 11) is 0. The average molecular weight is 373 g/mol. The maximum Gasteiger partial charge on any atom is 0.0740 e. The van der Waals surface area contributed by atoms with Gasteiger partial charge in [-0.3, -0.25) is 4.98 Å². The van der Waals surface area contributed by atoms with E-state index in [2.05, 4.69) is 70.7 Å². The van der Waals surface area contributed by atoms with Crippen LogP contribution in [0.3, 0.4) is 0 Å². The lowest BCUT2D eigenvalue weighted by atomic mass is 10.0. The minimum Gasteiger partial charge on any atom is -0.256 e. The molecule has 3 rings (SSSR count). The van der Waals surface area contributed by atoms with Crippen molar-refractivity contribution in [2.24, 2.45) is 4.99 Å². The molecule has 0 atom stereocenters. The largest absolute Gasteiger partial charge is 0.256 e. The first-order valence-electron chi connectivity index (χ1n) is 9.54. The summed E-state index contributed by atoms with van der Waals surface area (Å²) in [6, 6.07) is 20.9. The molecule has 2 nitrogen and oxygen atoms in total. The number of aromatic nitrogens is 1. The number of unbranched alkanes of at least 4 members (excludes halogenated alkanes) is 3. The Balaban J connectivity index is 1.67. The molecule has 3 heteroatoms. The molecule has 0 aliphatic carbocycles. The number of nitrogens with zero attached hydrogens (tertiary/aromatic N) is 2. The molecule has 1 aromatic heterocycles. The van der Waals surface area contributed by atoms with Gasteiger partial charge in [0.25, 0.3) is 0 Å². The summed E-state index contributed by atoms with van der Waals surface area (Å²) in [6.45, 7) is 2.25. The highest BCUT2D eigenvalue weighted by atomic mass is 32.1. The van der Waals surface area contributed by atoms with E-state index >= 15 is 0 Å². The van der Waals surface area contributed by atoms with E-state index in [1.807, 2.05) is 30.5 Å². The highest BCUT2D eigenvalue weighted by Crippen LogP contribution is 2.24. The number of hydrogen-bond donors (Lipinski definition) is 0. The van der Waals surface area contributed by atoms with Gasteiger partial charge in [0.05, 0.1) is 16.5 Å². The molecular formula is C24H24N2S. The van der Waals surface area contributed by atoms with E-state index in [4.69, 9.17) is 0 Å². The molecule has 0 fully saturated rings. The Hall–Kier alpha value is -2.61. The summed E-state index contributed by atoms with van der Waals surface area (Å²) in [4.78, 5) is 8.60. The van der Waals surface area contributed by atoms with Crippen LogP contribution in [0.2, 0.25) is 0 Å². The van der Waals surface area contributed by atoms with Crippen molar-refractivity contribution in [1.29, 1.82) is 0 Å². The molecule has 27 heavy (non-hydrogen) atoms. The lowest BCUT2D eigenvalue weighted by Crippen LogP contribution is -1.88. The second-order valence-electron chi connectivity index (χ2n) is 6.69. The van der Waals surface area contributed by atoms with Crippen molar-refractivity contribution >= 4 is 23.1 Å². The standard InChI is InChI=1S/C24H24N2S/c1-2-3-4-5-6-19-7-9-20(10-8-19)22-13-16-24(25-17-22)21-11-14-23(15-12-21)26-18-27/h7-17H,2-6H2,1H3. The third-order valence-corrected chi connectivity index (χ3v) is 4.80. The van der Waals surface area contributed by atoms with Crippen LogP contribution in [0.4, 0.5) is 5.69 Å². The Morgan fingerprint density at radius 3 is 2.15 bits per heavy atom. The van der Waals surface area contributed by atoms with Crippen LogP contribution >= 0.6 is 12.2 Å². The van der Waals surface area contributed by atoms with Gasteiger partial charge in [-0.1, -0.05) is 68.7 Å². The van der Waals surface area contributed by atoms with E-state index in [1.165, 1.54) is 43.2 Å². The van der Waals surface area contributed by atoms with Crippen molar-refractivity contribution in [1.82, 2.24) is 4.98 Å². The molecule has 0 saturated heterocycles. The quantitative estimate of drug-likeness (QED) is 0.236. The van der Waals surface area contributed by atoms with E-state index in [1.54, 1.807) is 0 Å². The summed E-state index contributed by atoms with van der Waals surface area (Å²) >= 11 is 4.63. The van der Waals surface area contributed by atoms with Crippen molar-refractivity contribution in [3.05, 3.63) is 72.4 Å². The van der Waals surface area contributed by atoms with Crippen LogP contribution in [0.15, 0.2) is 71.9 Å². The number of rotatable bonds is 8. The van der Waals surface area contributed by atoms with E-state index in [-0.39, 0.29) is 0 Å². The Kier molecular flexibility index (Phi) is 7.04. The third kappa shape index (κ3) is 5.43. The molecule has 0 bridgehead atoms. The average Bonchev–Trinajstić information content (AvgIpc) is 2.73. The molecular weight excluding hydrogens is 348 g/mol. The molecule has 0 N–H and O–H groups in total. The third-order valence-electron chi connectivity index (χ3n) is 4.71. The van der Waals surface area contributed by atoms with Gasteiger partial charge >= 0.3 is 0 Å². The Bertz CT molecular complexity index is 891. The van der Waals surface area contributed by atoms with Gasteiger partial charge in [0.2, 0.25) is 0 Å². The van der Waals surface area contributed by atoms with Crippen LogP contribution in [-0.2, 0) is 6.42 Å². The molecule has 0 unspecified atom stereocenters. The molecule has 136 valence electrons. The molecule has 0 amide bonds. The molecule has 0 aliphatic rings. The van der Waals surface area contributed by atoms with Gasteiger partial charge in [0, 0.05) is 17.3 Å². The van der Waals surface area contributed by atoms with Crippen molar-refractivity contribution in [2.75, 3.05) is 0 Å². The minimum absolute atomic E-state index is 0.806. The van der Waals surface area contributed by atoms with Crippen molar-refractivity contribution < 1.29 is 0 Å². The number of aliphatic imine (C=N–C) groups is 1. The number of isothiocyanates is 1. The SMILES string of the molecule is CCCCCCc1ccc(-c2ccc(-c3ccc(N=C=S)cc3)nc2)cc1. The fourth-order valence-electron chi connectivity index (χ4n) is 3.11. The fourth-order valence-corrected chi connectivity index (χ4v) is 3.22. The predicted molar refractivity (Wildman–Crippen MR) is 118 cm³/mol. The molecule has 0 aliphatic heterocycles. The van der Waals surface area contributed by atoms with E-state index in [0.29, 0.717) is 0 Å². The van der Waals surface area contributed by atoms with Crippen molar-refractivity contribution in [2.45, 2.75) is 39.0 Å². The minimum atomic E-state index is 0.806. The zero-order valence-corrected chi connectivity index (χ0v) is 16.5. The van der Waals surface area contributed by atoms with Crippen molar-refractivity contribution in [3.8, 4) is 22.4 Å². The normalized spacial score (nSPS) is 10.4. The van der Waals surface area contributed by atoms with Crippen LogP contribution in [0, 0.1) is 0 Å². The maximum absolute atomic E-state index is 4.63. The number of pyridine rings is 1. The number of aryl methyl sites for hydroxylation is 1. The van der Waals surface area contributed by atoms with Gasteiger partial charge in [0.15, 0.2) is 0 Å². The van der Waals surface area contributed by atoms with Crippen LogP contribution < -0.4 is 0 Å². The zero-order chi connectivity index (χ0) is 18.9. The van der Waals surface area contributed by atoms with Crippen LogP contribution in [-0.4, -0.2) is 10.1 Å². The summed E-state index contributed by atoms with van der Waals surface area (Å²) < 4.78 is 0. The zero-order valence-electron chi connectivity index (χ0n) is 15.7. The summed E-state index contributed by atoms with van der Waals surface area (Å²) in [5, 5.41) is 2.38. The van der Waals surface area contributed by atoms with E-state index in [9.17, 15) is 0 Å². The highest BCUT2D eigenvalue weighted by Gasteiger charge is 2.03.